The number of anilines is 2. The second-order valence-corrected chi connectivity index (χ2v) is 7.09. The molecule has 5 heteroatoms. The Morgan fingerprint density at radius 2 is 1.96 bits per heavy atom. The molecule has 0 aromatic heterocycles. The molecule has 1 amide bonds. The maximum absolute atomic E-state index is 12.6. The summed E-state index contributed by atoms with van der Waals surface area (Å²) in [5, 5.41) is 3.65. The Bertz CT molecular complexity index is 787. The Morgan fingerprint density at radius 3 is 2.80 bits per heavy atom. The van der Waals surface area contributed by atoms with Gasteiger partial charge in [0.25, 0.3) is 5.91 Å². The molecule has 4 nitrogen and oxygen atoms in total. The number of rotatable bonds is 3. The summed E-state index contributed by atoms with van der Waals surface area (Å²) in [5.74, 6) is 0.620. The zero-order valence-corrected chi connectivity index (χ0v) is 14.8. The third-order valence-corrected chi connectivity index (χ3v) is 5.06. The van der Waals surface area contributed by atoms with Crippen LogP contribution in [0.3, 0.4) is 0 Å². The van der Waals surface area contributed by atoms with Gasteiger partial charge in [-0.3, -0.25) is 4.79 Å². The number of amides is 1. The molecule has 0 radical (unpaired) electrons. The molecular formula is C20H21ClN2O2. The van der Waals surface area contributed by atoms with Crippen molar-refractivity contribution in [3.8, 4) is 5.75 Å². The van der Waals surface area contributed by atoms with Crippen LogP contribution in [-0.4, -0.2) is 25.1 Å². The van der Waals surface area contributed by atoms with Crippen molar-refractivity contribution in [2.24, 2.45) is 0 Å². The fraction of sp³-hybridized carbons (Fsp3) is 0.350. The zero-order valence-electron chi connectivity index (χ0n) is 14.0. The largest absolute Gasteiger partial charge is 0.480 e. The first-order valence-electron chi connectivity index (χ1n) is 8.80. The van der Waals surface area contributed by atoms with E-state index < -0.39 is 6.10 Å². The van der Waals surface area contributed by atoms with E-state index in [1.807, 2.05) is 30.3 Å². The van der Waals surface area contributed by atoms with Crippen molar-refractivity contribution in [2.45, 2.75) is 31.8 Å². The van der Waals surface area contributed by atoms with Crippen LogP contribution >= 0.6 is 11.6 Å². The monoisotopic (exact) mass is 356 g/mol. The second kappa shape index (κ2) is 6.96. The smallest absolute Gasteiger partial charge is 0.265 e. The van der Waals surface area contributed by atoms with Crippen molar-refractivity contribution < 1.29 is 9.53 Å². The molecule has 25 heavy (non-hydrogen) atoms. The summed E-state index contributed by atoms with van der Waals surface area (Å²) in [6, 6.07) is 13.5. The van der Waals surface area contributed by atoms with Crippen molar-refractivity contribution in [1.82, 2.24) is 0 Å². The highest BCUT2D eigenvalue weighted by atomic mass is 35.5. The summed E-state index contributed by atoms with van der Waals surface area (Å²) in [6.45, 7) is 2.17. The van der Waals surface area contributed by atoms with E-state index in [1.165, 1.54) is 24.9 Å². The summed E-state index contributed by atoms with van der Waals surface area (Å²) < 4.78 is 5.76. The lowest BCUT2D eigenvalue weighted by atomic mass is 10.1. The van der Waals surface area contributed by atoms with Crippen LogP contribution in [0.2, 0.25) is 5.02 Å². The minimum Gasteiger partial charge on any atom is -0.480 e. The van der Waals surface area contributed by atoms with Crippen molar-refractivity contribution >= 4 is 28.9 Å². The zero-order chi connectivity index (χ0) is 17.2. The molecule has 1 fully saturated rings. The van der Waals surface area contributed by atoms with Gasteiger partial charge < -0.3 is 15.0 Å². The Kier molecular flexibility index (Phi) is 4.53. The molecule has 1 unspecified atom stereocenters. The SMILES string of the molecule is O=C(Nc1cccc(N2CCCCC2)c1)C1Cc2cc(Cl)ccc2O1. The molecule has 0 spiro atoms. The van der Waals surface area contributed by atoms with E-state index >= 15 is 0 Å². The first kappa shape index (κ1) is 16.3. The molecule has 1 atom stereocenters. The maximum Gasteiger partial charge on any atom is 0.265 e. The lowest BCUT2D eigenvalue weighted by Crippen LogP contribution is -2.32. The van der Waals surface area contributed by atoms with Gasteiger partial charge in [-0.05, 0) is 61.2 Å². The Hall–Kier alpha value is -2.20. The number of hydrogen-bond donors (Lipinski definition) is 1. The molecule has 2 heterocycles. The summed E-state index contributed by atoms with van der Waals surface area (Å²) in [5.41, 5.74) is 2.96. The minimum absolute atomic E-state index is 0.122. The van der Waals surface area contributed by atoms with Gasteiger partial charge in [-0.25, -0.2) is 0 Å². The fourth-order valence-electron chi connectivity index (χ4n) is 3.52. The van der Waals surface area contributed by atoms with Crippen molar-refractivity contribution in [3.05, 3.63) is 53.1 Å². The molecular weight excluding hydrogens is 336 g/mol. The molecule has 2 aliphatic heterocycles. The van der Waals surface area contributed by atoms with E-state index in [2.05, 4.69) is 16.3 Å². The number of piperidine rings is 1. The lowest BCUT2D eigenvalue weighted by Gasteiger charge is -2.29. The number of halogens is 1. The second-order valence-electron chi connectivity index (χ2n) is 6.65. The average Bonchev–Trinajstić information content (AvgIpc) is 3.06. The van der Waals surface area contributed by atoms with Crippen molar-refractivity contribution in [2.75, 3.05) is 23.3 Å². The van der Waals surface area contributed by atoms with E-state index in [-0.39, 0.29) is 5.91 Å². The van der Waals surface area contributed by atoms with Crippen LogP contribution < -0.4 is 15.0 Å². The van der Waals surface area contributed by atoms with Gasteiger partial charge in [0.2, 0.25) is 0 Å². The number of carbonyl (C=O) groups is 1. The standard InChI is InChI=1S/C20H21ClN2O2/c21-15-7-8-18-14(11-15)12-19(25-18)20(24)22-16-5-4-6-17(13-16)23-9-2-1-3-10-23/h4-8,11,13,19H,1-3,9-10,12H2,(H,22,24). The van der Waals surface area contributed by atoms with E-state index in [9.17, 15) is 4.79 Å². The highest BCUT2D eigenvalue weighted by Gasteiger charge is 2.29. The molecule has 0 aliphatic carbocycles. The van der Waals surface area contributed by atoms with E-state index in [0.717, 1.165) is 30.1 Å². The third kappa shape index (κ3) is 3.59. The lowest BCUT2D eigenvalue weighted by molar-refractivity contribution is -0.122. The molecule has 1 N–H and O–H groups in total. The van der Waals surface area contributed by atoms with Crippen LogP contribution in [0, 0.1) is 0 Å². The predicted octanol–water partition coefficient (Wildman–Crippen LogP) is 4.27. The molecule has 2 aliphatic rings. The summed E-state index contributed by atoms with van der Waals surface area (Å²) in [7, 11) is 0. The Labute approximate surface area is 152 Å². The molecule has 130 valence electrons. The molecule has 0 bridgehead atoms. The molecule has 1 saturated heterocycles. The van der Waals surface area contributed by atoms with Crippen LogP contribution in [0.4, 0.5) is 11.4 Å². The number of benzene rings is 2. The van der Waals surface area contributed by atoms with E-state index in [0.29, 0.717) is 11.4 Å². The summed E-state index contributed by atoms with van der Waals surface area (Å²) in [4.78, 5) is 15.0. The normalized spacial score (nSPS) is 19.2. The van der Waals surface area contributed by atoms with Crippen LogP contribution in [0.5, 0.6) is 5.75 Å². The van der Waals surface area contributed by atoms with Gasteiger partial charge in [0.1, 0.15) is 5.75 Å². The van der Waals surface area contributed by atoms with Gasteiger partial charge in [-0.15, -0.1) is 0 Å². The third-order valence-electron chi connectivity index (χ3n) is 4.82. The molecule has 0 saturated carbocycles. The number of fused-ring (bicyclic) bond motifs is 1. The highest BCUT2D eigenvalue weighted by Crippen LogP contribution is 2.31. The number of nitrogens with one attached hydrogen (secondary N) is 1. The van der Waals surface area contributed by atoms with Crippen LogP contribution in [-0.2, 0) is 11.2 Å². The van der Waals surface area contributed by atoms with Crippen LogP contribution in [0.15, 0.2) is 42.5 Å². The predicted molar refractivity (Wildman–Crippen MR) is 101 cm³/mol. The van der Waals surface area contributed by atoms with Crippen LogP contribution in [0.25, 0.3) is 0 Å². The Balaban J connectivity index is 1.43. The average molecular weight is 357 g/mol. The summed E-state index contributed by atoms with van der Waals surface area (Å²) >= 11 is 6.01. The highest BCUT2D eigenvalue weighted by molar-refractivity contribution is 6.30. The van der Waals surface area contributed by atoms with Gasteiger partial charge in [0, 0.05) is 35.9 Å². The first-order valence-corrected chi connectivity index (χ1v) is 9.18. The molecule has 4 rings (SSSR count). The number of nitrogens with zero attached hydrogens (tertiary/aromatic N) is 1. The van der Waals surface area contributed by atoms with E-state index in [4.69, 9.17) is 16.3 Å². The Morgan fingerprint density at radius 1 is 1.12 bits per heavy atom. The topological polar surface area (TPSA) is 41.6 Å². The molecule has 2 aromatic rings. The van der Waals surface area contributed by atoms with Crippen LogP contribution in [0.1, 0.15) is 24.8 Å². The summed E-state index contributed by atoms with van der Waals surface area (Å²) in [6.07, 6.45) is 3.80. The van der Waals surface area contributed by atoms with Gasteiger partial charge in [-0.2, -0.15) is 0 Å². The van der Waals surface area contributed by atoms with Gasteiger partial charge >= 0.3 is 0 Å². The minimum atomic E-state index is -0.507. The fourth-order valence-corrected chi connectivity index (χ4v) is 3.71. The van der Waals surface area contributed by atoms with Crippen molar-refractivity contribution in [3.63, 3.8) is 0 Å². The van der Waals surface area contributed by atoms with Crippen molar-refractivity contribution in [1.29, 1.82) is 0 Å². The van der Waals surface area contributed by atoms with Gasteiger partial charge in [-0.1, -0.05) is 17.7 Å². The van der Waals surface area contributed by atoms with Gasteiger partial charge in [0.05, 0.1) is 0 Å². The number of ether oxygens (including phenoxy) is 1. The van der Waals surface area contributed by atoms with E-state index in [1.54, 1.807) is 6.07 Å². The van der Waals surface area contributed by atoms with Gasteiger partial charge in [0.15, 0.2) is 6.10 Å². The quantitative estimate of drug-likeness (QED) is 0.892. The maximum atomic E-state index is 12.6. The first-order chi connectivity index (χ1) is 12.2. The number of carbonyl (C=O) groups excluding carboxylic acids is 1. The number of hydrogen-bond acceptors (Lipinski definition) is 3. The molecule has 2 aromatic carbocycles.